The summed E-state index contributed by atoms with van der Waals surface area (Å²) in [6.07, 6.45) is 0. The van der Waals surface area contributed by atoms with Gasteiger partial charge in [0.1, 0.15) is 0 Å². The summed E-state index contributed by atoms with van der Waals surface area (Å²) in [5.41, 5.74) is 0. The molecule has 0 aromatic heterocycles. The van der Waals surface area contributed by atoms with Crippen molar-refractivity contribution >= 4 is 11.0 Å². The second-order valence-electron chi connectivity index (χ2n) is 0. The molecule has 0 radical (unpaired) electrons. The first-order valence-corrected chi connectivity index (χ1v) is 0. The summed E-state index contributed by atoms with van der Waals surface area (Å²) in [6.45, 7) is 0. The van der Waals surface area contributed by atoms with Crippen LogP contribution in [-0.2, 0) is 48.3 Å². The van der Waals surface area contributed by atoms with Crippen LogP contribution in [0.1, 0.15) is 0 Å². The first kappa shape index (κ1) is 41.4. The van der Waals surface area contributed by atoms with Gasteiger partial charge >= 0.3 is 84.1 Å². The summed E-state index contributed by atoms with van der Waals surface area (Å²) in [5, 5.41) is 0. The van der Waals surface area contributed by atoms with Gasteiger partial charge in [0.2, 0.25) is 0 Å². The molecule has 0 spiro atoms. The zero-order valence-corrected chi connectivity index (χ0v) is 11.4. The third-order valence-corrected chi connectivity index (χ3v) is 0. The molecule has 0 aliphatic rings. The minimum Gasteiger partial charge on any atom is -2.00 e. The van der Waals surface area contributed by atoms with Crippen LogP contribution in [0.5, 0.6) is 0 Å². The maximum absolute atomic E-state index is 0. The van der Waals surface area contributed by atoms with Crippen molar-refractivity contribution in [2.75, 3.05) is 0 Å². The Bertz CT molecular complexity index is 11.6. The first-order valence-electron chi connectivity index (χ1n) is 0. The van der Waals surface area contributed by atoms with Crippen LogP contribution in [0.25, 0.3) is 0 Å². The topological polar surface area (TPSA) is 28.5 Å². The van der Waals surface area contributed by atoms with Crippen molar-refractivity contribution in [2.45, 2.75) is 0 Å². The molecule has 1 nitrogen and oxygen atoms in total. The molecule has 0 N–H and O–H groups in total. The summed E-state index contributed by atoms with van der Waals surface area (Å²) in [6, 6.07) is 0. The molecule has 14 valence electrons. The van der Waals surface area contributed by atoms with Crippen LogP contribution in [0.4, 0.5) is 0 Å². The Morgan fingerprint density at radius 3 is 1.00 bits per heavy atom. The second-order valence-corrected chi connectivity index (χ2v) is 0. The molecule has 5 heavy (non-hydrogen) atoms. The summed E-state index contributed by atoms with van der Waals surface area (Å²) in [7, 11) is 0. The standard InChI is InChI=1S/K.O.Si.Ti.W/q+1;-2;2*+4;. The van der Waals surface area contributed by atoms with Gasteiger partial charge in [-0.05, 0) is 0 Å². The molecule has 0 rings (SSSR count). The SMILES string of the molecule is [K+].[O-2].[Si+4].[Ti+4].[W]. The molecule has 0 aliphatic heterocycles. The van der Waals surface area contributed by atoms with Crippen LogP contribution in [-0.4, -0.2) is 11.0 Å². The van der Waals surface area contributed by atoms with Crippen molar-refractivity contribution in [3.63, 3.8) is 0 Å². The van der Waals surface area contributed by atoms with Gasteiger partial charge in [0.05, 0.1) is 0 Å². The van der Waals surface area contributed by atoms with Gasteiger partial charge in [-0.3, -0.25) is 0 Å². The van der Waals surface area contributed by atoms with E-state index in [1.54, 1.807) is 0 Å². The van der Waals surface area contributed by atoms with Gasteiger partial charge in [-0.1, -0.05) is 0 Å². The van der Waals surface area contributed by atoms with Gasteiger partial charge in [0.25, 0.3) is 0 Å². The largest absolute Gasteiger partial charge is 4.00 e. The average Bonchev–Trinajstić information content (AvgIpc) is 0. The summed E-state index contributed by atoms with van der Waals surface area (Å²) in [4.78, 5) is 0. The fraction of sp³-hybridized carbons (Fsp3) is 0. The third-order valence-electron chi connectivity index (χ3n) is 0. The molecule has 0 atom stereocenters. The molecule has 0 aliphatic carbocycles. The van der Waals surface area contributed by atoms with Crippen LogP contribution < -0.4 is 51.4 Å². The van der Waals surface area contributed by atoms with Crippen molar-refractivity contribution in [3.05, 3.63) is 0 Å². The van der Waals surface area contributed by atoms with E-state index in [2.05, 4.69) is 0 Å². The minimum atomic E-state index is 0. The van der Waals surface area contributed by atoms with Crippen LogP contribution in [0.15, 0.2) is 0 Å². The fourth-order valence-corrected chi connectivity index (χ4v) is 0. The van der Waals surface area contributed by atoms with E-state index in [1.165, 1.54) is 0 Å². The van der Waals surface area contributed by atoms with Gasteiger partial charge < -0.3 is 5.48 Å². The predicted octanol–water partition coefficient (Wildman–Crippen LogP) is -3.50. The minimum absolute atomic E-state index is 0. The summed E-state index contributed by atoms with van der Waals surface area (Å²) >= 11 is 0. The molecule has 0 aromatic carbocycles. The normalized spacial score (nSPS) is 0. The Morgan fingerprint density at radius 1 is 1.00 bits per heavy atom. The molecule has 0 fully saturated rings. The number of hydrogen-bond acceptors (Lipinski definition) is 0. The molecular formula is KOSiTiW+7. The molecular weight excluding hydrogens is 315 g/mol. The van der Waals surface area contributed by atoms with E-state index in [0.717, 1.165) is 0 Å². The maximum Gasteiger partial charge on any atom is 4.00 e. The van der Waals surface area contributed by atoms with E-state index in [1.807, 2.05) is 0 Å². The van der Waals surface area contributed by atoms with E-state index in [0.29, 0.717) is 0 Å². The molecule has 0 bridgehead atoms. The van der Waals surface area contributed by atoms with Crippen molar-refractivity contribution in [1.82, 2.24) is 0 Å². The van der Waals surface area contributed by atoms with Crippen LogP contribution in [0.3, 0.4) is 0 Å². The Labute approximate surface area is 108 Å². The molecule has 0 saturated heterocycles. The quantitative estimate of drug-likeness (QED) is 0.415. The Morgan fingerprint density at radius 2 is 1.00 bits per heavy atom. The van der Waals surface area contributed by atoms with E-state index >= 15 is 0 Å². The second kappa shape index (κ2) is 27.0. The van der Waals surface area contributed by atoms with Gasteiger partial charge in [-0.2, -0.15) is 0 Å². The smallest absolute Gasteiger partial charge is 2.00 e. The van der Waals surface area contributed by atoms with E-state index in [4.69, 9.17) is 0 Å². The summed E-state index contributed by atoms with van der Waals surface area (Å²) in [5.74, 6) is 0. The van der Waals surface area contributed by atoms with E-state index in [-0.39, 0.29) is 111 Å². The molecule has 0 aromatic rings. The molecule has 0 amide bonds. The predicted molar refractivity (Wildman–Crippen MR) is 6.44 cm³/mol. The van der Waals surface area contributed by atoms with Crippen molar-refractivity contribution in [1.29, 1.82) is 0 Å². The first-order chi connectivity index (χ1) is 0. The zero-order valence-electron chi connectivity index (χ0n) is 2.82. The zero-order chi connectivity index (χ0) is 0. The van der Waals surface area contributed by atoms with Gasteiger partial charge in [0, 0.05) is 21.1 Å². The summed E-state index contributed by atoms with van der Waals surface area (Å²) < 4.78 is 0. The Hall–Kier alpha value is 3.22. The average molecular weight is 315 g/mol. The van der Waals surface area contributed by atoms with E-state index in [9.17, 15) is 0 Å². The van der Waals surface area contributed by atoms with Crippen LogP contribution in [0.2, 0.25) is 0 Å². The fourth-order valence-electron chi connectivity index (χ4n) is 0. The van der Waals surface area contributed by atoms with Crippen LogP contribution in [0, 0.1) is 0 Å². The third kappa shape index (κ3) is 19.0. The van der Waals surface area contributed by atoms with Crippen molar-refractivity contribution in [3.8, 4) is 0 Å². The Kier molecular flexibility index (Phi) is 223. The van der Waals surface area contributed by atoms with Gasteiger partial charge in [-0.25, -0.2) is 0 Å². The van der Waals surface area contributed by atoms with Gasteiger partial charge in [-0.15, -0.1) is 0 Å². The van der Waals surface area contributed by atoms with Crippen LogP contribution >= 0.6 is 0 Å². The number of rotatable bonds is 0. The molecule has 0 heterocycles. The molecule has 5 heteroatoms. The Balaban J connectivity index is 0. The van der Waals surface area contributed by atoms with Crippen molar-refractivity contribution < 1.29 is 99.6 Å². The molecule has 0 saturated carbocycles. The van der Waals surface area contributed by atoms with Gasteiger partial charge in [0.15, 0.2) is 0 Å². The van der Waals surface area contributed by atoms with Crippen molar-refractivity contribution in [2.24, 2.45) is 0 Å². The molecule has 0 unspecified atom stereocenters. The maximum atomic E-state index is 0. The van der Waals surface area contributed by atoms with E-state index < -0.39 is 0 Å². The number of hydrogen-bond donors (Lipinski definition) is 0. The monoisotopic (exact) mass is 315 g/mol.